The van der Waals surface area contributed by atoms with E-state index >= 15 is 0 Å². The van der Waals surface area contributed by atoms with E-state index in [1.165, 1.54) is 36.8 Å². The fourth-order valence-electron chi connectivity index (χ4n) is 2.84. The molecule has 0 radical (unpaired) electrons. The molecule has 0 spiro atoms. The first-order valence-corrected chi connectivity index (χ1v) is 9.71. The van der Waals surface area contributed by atoms with E-state index in [0.29, 0.717) is 27.8 Å². The Morgan fingerprint density at radius 3 is 2.61 bits per heavy atom. The van der Waals surface area contributed by atoms with Gasteiger partial charge in [0.05, 0.1) is 53.8 Å². The van der Waals surface area contributed by atoms with Gasteiger partial charge in [-0.1, -0.05) is 11.6 Å². The number of hydrogen-bond acceptors (Lipinski definition) is 7. The molecule has 0 aliphatic carbocycles. The molecule has 0 aliphatic rings. The normalized spacial score (nSPS) is 10.8. The van der Waals surface area contributed by atoms with Crippen molar-refractivity contribution in [3.8, 4) is 11.3 Å². The zero-order valence-electron chi connectivity index (χ0n) is 16.6. The summed E-state index contributed by atoms with van der Waals surface area (Å²) >= 11 is 6.01. The van der Waals surface area contributed by atoms with Gasteiger partial charge in [0, 0.05) is 30.0 Å². The van der Waals surface area contributed by atoms with Crippen LogP contribution in [0.25, 0.3) is 11.3 Å². The highest BCUT2D eigenvalue weighted by atomic mass is 35.5. The number of nitrogens with zero attached hydrogens (tertiary/aromatic N) is 2. The van der Waals surface area contributed by atoms with E-state index in [9.17, 15) is 19.4 Å². The Bertz CT molecular complexity index is 1080. The monoisotopic (exact) mass is 445 g/mol. The lowest BCUT2D eigenvalue weighted by atomic mass is 10.1. The molecule has 2 heterocycles. The number of nitrogens with one attached hydrogen (secondary N) is 3. The molecule has 1 aromatic carbocycles. The number of halogens is 2. The van der Waals surface area contributed by atoms with Gasteiger partial charge in [-0.25, -0.2) is 4.39 Å². The summed E-state index contributed by atoms with van der Waals surface area (Å²) < 4.78 is 14.3. The van der Waals surface area contributed by atoms with Gasteiger partial charge >= 0.3 is 0 Å². The molecule has 0 saturated heterocycles. The maximum absolute atomic E-state index is 14.3. The third kappa shape index (κ3) is 5.26. The minimum absolute atomic E-state index is 0.198. The molecule has 0 aliphatic heterocycles. The average molecular weight is 446 g/mol. The molecular weight excluding hydrogens is 425 g/mol. The maximum atomic E-state index is 14.3. The molecule has 0 bridgehead atoms. The fraction of sp³-hybridized carbons (Fsp3) is 0.190. The highest BCUT2D eigenvalue weighted by molar-refractivity contribution is 6.30. The molecule has 1 amide bonds. The number of aliphatic hydroxyl groups excluding tert-OH is 2. The Balaban J connectivity index is 1.98. The van der Waals surface area contributed by atoms with Crippen LogP contribution in [0.3, 0.4) is 0 Å². The van der Waals surface area contributed by atoms with Crippen molar-refractivity contribution in [2.24, 2.45) is 0 Å². The van der Waals surface area contributed by atoms with Crippen molar-refractivity contribution in [1.82, 2.24) is 15.3 Å². The van der Waals surface area contributed by atoms with Crippen molar-refractivity contribution in [1.29, 1.82) is 0 Å². The van der Waals surface area contributed by atoms with E-state index < -0.39 is 31.0 Å². The molecule has 3 rings (SSSR count). The molecule has 0 unspecified atom stereocenters. The van der Waals surface area contributed by atoms with Gasteiger partial charge in [-0.05, 0) is 30.3 Å². The Kier molecular flexibility index (Phi) is 7.35. The zero-order chi connectivity index (χ0) is 22.4. The number of amides is 1. The van der Waals surface area contributed by atoms with Gasteiger partial charge in [0.15, 0.2) is 0 Å². The number of carbonyl (C=O) groups excluding carboxylic acids is 1. The second-order valence-electron chi connectivity index (χ2n) is 6.57. The second kappa shape index (κ2) is 10.2. The Labute approximate surface area is 183 Å². The van der Waals surface area contributed by atoms with E-state index in [1.807, 2.05) is 0 Å². The lowest BCUT2D eigenvalue weighted by Crippen LogP contribution is -2.40. The summed E-state index contributed by atoms with van der Waals surface area (Å²) in [6.07, 6.45) is 4.40. The summed E-state index contributed by atoms with van der Waals surface area (Å²) in [6, 6.07) is 6.63. The lowest BCUT2D eigenvalue weighted by Gasteiger charge is -2.17. The number of pyridine rings is 2. The number of rotatable bonds is 8. The smallest absolute Gasteiger partial charge is 0.255 e. The molecule has 10 heteroatoms. The summed E-state index contributed by atoms with van der Waals surface area (Å²) in [5, 5.41) is 27.5. The first-order valence-electron chi connectivity index (χ1n) is 9.33. The average Bonchev–Trinajstić information content (AvgIpc) is 2.79. The molecule has 0 fully saturated rings. The molecule has 31 heavy (non-hydrogen) atoms. The number of benzene rings is 1. The fourth-order valence-corrected chi connectivity index (χ4v) is 3.01. The van der Waals surface area contributed by atoms with E-state index in [2.05, 4.69) is 25.9 Å². The van der Waals surface area contributed by atoms with Crippen molar-refractivity contribution in [3.63, 3.8) is 0 Å². The van der Waals surface area contributed by atoms with Crippen molar-refractivity contribution in [2.75, 3.05) is 30.9 Å². The minimum Gasteiger partial charge on any atom is -0.394 e. The van der Waals surface area contributed by atoms with Crippen molar-refractivity contribution < 1.29 is 19.4 Å². The van der Waals surface area contributed by atoms with Crippen LogP contribution in [0.2, 0.25) is 5.02 Å². The maximum Gasteiger partial charge on any atom is 0.255 e. The summed E-state index contributed by atoms with van der Waals surface area (Å²) in [6.45, 7) is -0.817. The van der Waals surface area contributed by atoms with Crippen LogP contribution >= 0.6 is 11.6 Å². The zero-order valence-corrected chi connectivity index (χ0v) is 17.3. The van der Waals surface area contributed by atoms with Crippen LogP contribution in [0, 0.1) is 5.82 Å². The highest BCUT2D eigenvalue weighted by Crippen LogP contribution is 2.32. The first kappa shape index (κ1) is 22.4. The largest absolute Gasteiger partial charge is 0.394 e. The molecule has 8 nitrogen and oxygen atoms in total. The lowest BCUT2D eigenvalue weighted by molar-refractivity contribution is 0.0880. The molecule has 5 N–H and O–H groups in total. The van der Waals surface area contributed by atoms with Crippen molar-refractivity contribution >= 4 is 34.6 Å². The van der Waals surface area contributed by atoms with Crippen LogP contribution in [-0.4, -0.2) is 52.4 Å². The predicted octanol–water partition coefficient (Wildman–Crippen LogP) is 2.80. The Hall–Kier alpha value is -3.27. The van der Waals surface area contributed by atoms with Gasteiger partial charge in [0.2, 0.25) is 0 Å². The van der Waals surface area contributed by atoms with Gasteiger partial charge < -0.3 is 26.2 Å². The van der Waals surface area contributed by atoms with Gasteiger partial charge in [0.1, 0.15) is 5.82 Å². The van der Waals surface area contributed by atoms with E-state index in [-0.39, 0.29) is 11.1 Å². The van der Waals surface area contributed by atoms with E-state index in [0.717, 1.165) is 0 Å². The van der Waals surface area contributed by atoms with Crippen LogP contribution in [0.4, 0.5) is 21.5 Å². The van der Waals surface area contributed by atoms with E-state index in [4.69, 9.17) is 11.6 Å². The molecule has 162 valence electrons. The SMILES string of the molecule is CNc1cnc(-c2cc(Cl)ccc2F)cc1Nc1ccncc1C(=O)NC(CO)CO. The third-order valence-corrected chi connectivity index (χ3v) is 4.72. The Morgan fingerprint density at radius 2 is 1.90 bits per heavy atom. The molecule has 2 aromatic heterocycles. The van der Waals surface area contributed by atoms with E-state index in [1.54, 1.807) is 19.2 Å². The number of hydrogen-bond donors (Lipinski definition) is 5. The molecule has 3 aromatic rings. The Morgan fingerprint density at radius 1 is 1.13 bits per heavy atom. The quantitative estimate of drug-likeness (QED) is 0.361. The molecule has 0 atom stereocenters. The number of aromatic nitrogens is 2. The van der Waals surface area contributed by atoms with Crippen LogP contribution in [-0.2, 0) is 0 Å². The van der Waals surface area contributed by atoms with Crippen LogP contribution < -0.4 is 16.0 Å². The van der Waals surface area contributed by atoms with Gasteiger partial charge in [0.25, 0.3) is 5.91 Å². The second-order valence-corrected chi connectivity index (χ2v) is 7.01. The third-order valence-electron chi connectivity index (χ3n) is 4.49. The molecular formula is C21H21ClFN5O3. The van der Waals surface area contributed by atoms with Crippen molar-refractivity contribution in [2.45, 2.75) is 6.04 Å². The molecule has 0 saturated carbocycles. The summed E-state index contributed by atoms with van der Waals surface area (Å²) in [5.41, 5.74) is 2.35. The minimum atomic E-state index is -0.799. The predicted molar refractivity (Wildman–Crippen MR) is 117 cm³/mol. The van der Waals surface area contributed by atoms with Crippen LogP contribution in [0.1, 0.15) is 10.4 Å². The number of anilines is 3. The summed E-state index contributed by atoms with van der Waals surface area (Å²) in [7, 11) is 1.70. The van der Waals surface area contributed by atoms with Gasteiger partial charge in [-0.2, -0.15) is 0 Å². The standard InChI is InChI=1S/C21H21ClFN5O3/c1-24-20-9-26-18(14-6-12(22)2-3-16(14)23)7-19(20)28-17-4-5-25-8-15(17)21(31)27-13(10-29)11-30/h2-9,13,24,29-30H,10-11H2,1H3,(H,27,31)(H,25,26,28). The highest BCUT2D eigenvalue weighted by Gasteiger charge is 2.17. The van der Waals surface area contributed by atoms with Crippen LogP contribution in [0.15, 0.2) is 48.9 Å². The van der Waals surface area contributed by atoms with Crippen LogP contribution in [0.5, 0.6) is 0 Å². The van der Waals surface area contributed by atoms with Crippen molar-refractivity contribution in [3.05, 3.63) is 65.3 Å². The summed E-state index contributed by atoms with van der Waals surface area (Å²) in [5.74, 6) is -0.993. The van der Waals surface area contributed by atoms with Gasteiger partial charge in [-0.15, -0.1) is 0 Å². The first-order chi connectivity index (χ1) is 15.0. The number of aliphatic hydroxyl groups is 2. The summed E-state index contributed by atoms with van der Waals surface area (Å²) in [4.78, 5) is 20.9. The topological polar surface area (TPSA) is 119 Å². The van der Waals surface area contributed by atoms with Gasteiger partial charge in [-0.3, -0.25) is 14.8 Å². The number of carbonyl (C=O) groups is 1.